The zero-order valence-electron chi connectivity index (χ0n) is 12.8. The van der Waals surface area contributed by atoms with Gasteiger partial charge in [-0.2, -0.15) is 0 Å². The second-order valence-corrected chi connectivity index (χ2v) is 6.19. The van der Waals surface area contributed by atoms with E-state index in [-0.39, 0.29) is 5.91 Å². The first-order chi connectivity index (χ1) is 11.6. The molecule has 0 saturated carbocycles. The van der Waals surface area contributed by atoms with Crippen molar-refractivity contribution >= 4 is 29.1 Å². The molecule has 1 aromatic heterocycles. The Hall–Kier alpha value is -2.23. The molecule has 1 amide bonds. The summed E-state index contributed by atoms with van der Waals surface area (Å²) in [7, 11) is 0. The standard InChI is InChI=1S/C19H15Cl2NO2/c20-15-9-7-14(8-10-15)12-22(13-16-4-3-11-24-16)19(23)17-5-1-2-6-18(17)21/h1-11H,12-13H2. The van der Waals surface area contributed by atoms with Gasteiger partial charge in [0.2, 0.25) is 0 Å². The van der Waals surface area contributed by atoms with E-state index in [1.165, 1.54) is 0 Å². The average molecular weight is 360 g/mol. The third-order valence-electron chi connectivity index (χ3n) is 3.60. The van der Waals surface area contributed by atoms with E-state index >= 15 is 0 Å². The maximum Gasteiger partial charge on any atom is 0.256 e. The van der Waals surface area contributed by atoms with Gasteiger partial charge >= 0.3 is 0 Å². The quantitative estimate of drug-likeness (QED) is 0.608. The molecule has 0 spiro atoms. The van der Waals surface area contributed by atoms with E-state index in [9.17, 15) is 4.79 Å². The van der Waals surface area contributed by atoms with Gasteiger partial charge in [0.15, 0.2) is 0 Å². The summed E-state index contributed by atoms with van der Waals surface area (Å²) in [6.07, 6.45) is 1.59. The Morgan fingerprint density at radius 1 is 0.917 bits per heavy atom. The molecule has 0 radical (unpaired) electrons. The van der Waals surface area contributed by atoms with Crippen molar-refractivity contribution in [3.8, 4) is 0 Å². The third kappa shape index (κ3) is 3.99. The summed E-state index contributed by atoms with van der Waals surface area (Å²) < 4.78 is 5.39. The second kappa shape index (κ2) is 7.56. The number of carbonyl (C=O) groups excluding carboxylic acids is 1. The van der Waals surface area contributed by atoms with Crippen LogP contribution in [0.2, 0.25) is 10.0 Å². The van der Waals surface area contributed by atoms with E-state index in [1.54, 1.807) is 41.5 Å². The van der Waals surface area contributed by atoms with Gasteiger partial charge < -0.3 is 9.32 Å². The van der Waals surface area contributed by atoms with Gasteiger partial charge in [-0.15, -0.1) is 0 Å². The predicted octanol–water partition coefficient (Wildman–Crippen LogP) is 5.43. The van der Waals surface area contributed by atoms with Crippen molar-refractivity contribution in [3.05, 3.63) is 93.9 Å². The first-order valence-electron chi connectivity index (χ1n) is 7.44. The topological polar surface area (TPSA) is 33.5 Å². The number of furan rings is 1. The fraction of sp³-hybridized carbons (Fsp3) is 0.105. The van der Waals surface area contributed by atoms with E-state index in [0.29, 0.717) is 34.5 Å². The van der Waals surface area contributed by atoms with Crippen molar-refractivity contribution in [2.75, 3.05) is 0 Å². The first kappa shape index (κ1) is 16.6. The van der Waals surface area contributed by atoms with Crippen molar-refractivity contribution in [1.82, 2.24) is 4.90 Å². The van der Waals surface area contributed by atoms with Crippen molar-refractivity contribution in [3.63, 3.8) is 0 Å². The summed E-state index contributed by atoms with van der Waals surface area (Å²) in [5, 5.41) is 1.09. The monoisotopic (exact) mass is 359 g/mol. The Morgan fingerprint density at radius 3 is 2.33 bits per heavy atom. The van der Waals surface area contributed by atoms with Crippen LogP contribution in [-0.4, -0.2) is 10.8 Å². The predicted molar refractivity (Wildman–Crippen MR) is 95.2 cm³/mol. The second-order valence-electron chi connectivity index (χ2n) is 5.35. The lowest BCUT2D eigenvalue weighted by Gasteiger charge is -2.22. The highest BCUT2D eigenvalue weighted by Gasteiger charge is 2.19. The van der Waals surface area contributed by atoms with Gasteiger partial charge in [0.1, 0.15) is 5.76 Å². The molecule has 0 fully saturated rings. The minimum absolute atomic E-state index is 0.146. The molecule has 0 aliphatic rings. The van der Waals surface area contributed by atoms with Gasteiger partial charge in [-0.05, 0) is 42.0 Å². The number of hydrogen-bond acceptors (Lipinski definition) is 2. The van der Waals surface area contributed by atoms with Gasteiger partial charge in [0.05, 0.1) is 23.4 Å². The lowest BCUT2D eigenvalue weighted by atomic mass is 10.1. The molecule has 0 N–H and O–H groups in total. The number of carbonyl (C=O) groups is 1. The Kier molecular flexibility index (Phi) is 5.24. The summed E-state index contributed by atoms with van der Waals surface area (Å²) in [6.45, 7) is 0.793. The zero-order chi connectivity index (χ0) is 16.9. The van der Waals surface area contributed by atoms with E-state index in [0.717, 1.165) is 5.56 Å². The molecule has 0 atom stereocenters. The lowest BCUT2D eigenvalue weighted by Crippen LogP contribution is -2.30. The van der Waals surface area contributed by atoms with Crippen LogP contribution in [0, 0.1) is 0 Å². The highest BCUT2D eigenvalue weighted by atomic mass is 35.5. The number of nitrogens with zero attached hydrogens (tertiary/aromatic N) is 1. The van der Waals surface area contributed by atoms with Crippen molar-refractivity contribution in [1.29, 1.82) is 0 Å². The molecule has 1 heterocycles. The fourth-order valence-electron chi connectivity index (χ4n) is 2.41. The highest BCUT2D eigenvalue weighted by molar-refractivity contribution is 6.33. The van der Waals surface area contributed by atoms with Crippen LogP contribution in [0.15, 0.2) is 71.3 Å². The zero-order valence-corrected chi connectivity index (χ0v) is 14.3. The van der Waals surface area contributed by atoms with Crippen LogP contribution in [0.1, 0.15) is 21.7 Å². The Balaban J connectivity index is 1.87. The molecular weight excluding hydrogens is 345 g/mol. The summed E-state index contributed by atoms with van der Waals surface area (Å²) >= 11 is 12.1. The molecule has 3 rings (SSSR count). The van der Waals surface area contributed by atoms with Crippen LogP contribution in [0.25, 0.3) is 0 Å². The fourth-order valence-corrected chi connectivity index (χ4v) is 2.75. The van der Waals surface area contributed by atoms with E-state index < -0.39 is 0 Å². The highest BCUT2D eigenvalue weighted by Crippen LogP contribution is 2.21. The maximum atomic E-state index is 12.9. The van der Waals surface area contributed by atoms with Crippen LogP contribution in [-0.2, 0) is 13.1 Å². The van der Waals surface area contributed by atoms with Crippen LogP contribution < -0.4 is 0 Å². The van der Waals surface area contributed by atoms with Gasteiger partial charge in [-0.25, -0.2) is 0 Å². The van der Waals surface area contributed by atoms with E-state index in [2.05, 4.69) is 0 Å². The SMILES string of the molecule is O=C(c1ccccc1Cl)N(Cc1ccc(Cl)cc1)Cc1ccco1. The van der Waals surface area contributed by atoms with E-state index in [4.69, 9.17) is 27.6 Å². The maximum absolute atomic E-state index is 12.9. The Bertz CT molecular complexity index is 814. The number of rotatable bonds is 5. The van der Waals surface area contributed by atoms with E-state index in [1.807, 2.05) is 30.3 Å². The molecule has 3 nitrogen and oxygen atoms in total. The molecule has 3 aromatic rings. The van der Waals surface area contributed by atoms with Gasteiger partial charge in [-0.3, -0.25) is 4.79 Å². The Morgan fingerprint density at radius 2 is 1.67 bits per heavy atom. The van der Waals surface area contributed by atoms with Gasteiger partial charge in [0, 0.05) is 11.6 Å². The van der Waals surface area contributed by atoms with Crippen LogP contribution >= 0.6 is 23.2 Å². The summed E-state index contributed by atoms with van der Waals surface area (Å²) in [5.74, 6) is 0.566. The number of hydrogen-bond donors (Lipinski definition) is 0. The first-order valence-corrected chi connectivity index (χ1v) is 8.20. The molecule has 0 saturated heterocycles. The summed E-state index contributed by atoms with van der Waals surface area (Å²) in [6, 6.07) is 18.1. The summed E-state index contributed by atoms with van der Waals surface area (Å²) in [5.41, 5.74) is 1.45. The van der Waals surface area contributed by atoms with Crippen LogP contribution in [0.3, 0.4) is 0 Å². The lowest BCUT2D eigenvalue weighted by molar-refractivity contribution is 0.0718. The Labute approximate surface area is 150 Å². The number of halogens is 2. The molecular formula is C19H15Cl2NO2. The third-order valence-corrected chi connectivity index (χ3v) is 4.19. The minimum atomic E-state index is -0.146. The van der Waals surface area contributed by atoms with Crippen molar-refractivity contribution in [2.24, 2.45) is 0 Å². The minimum Gasteiger partial charge on any atom is -0.467 e. The van der Waals surface area contributed by atoms with Gasteiger partial charge in [-0.1, -0.05) is 47.5 Å². The van der Waals surface area contributed by atoms with Crippen molar-refractivity contribution < 1.29 is 9.21 Å². The molecule has 0 aliphatic heterocycles. The average Bonchev–Trinajstić information content (AvgIpc) is 3.09. The number of amides is 1. The molecule has 0 bridgehead atoms. The van der Waals surface area contributed by atoms with Crippen molar-refractivity contribution in [2.45, 2.75) is 13.1 Å². The molecule has 2 aromatic carbocycles. The molecule has 0 aliphatic carbocycles. The number of benzene rings is 2. The molecule has 0 unspecified atom stereocenters. The molecule has 122 valence electrons. The molecule has 5 heteroatoms. The van der Waals surface area contributed by atoms with Gasteiger partial charge in [0.25, 0.3) is 5.91 Å². The smallest absolute Gasteiger partial charge is 0.256 e. The van der Waals surface area contributed by atoms with Crippen LogP contribution in [0.4, 0.5) is 0 Å². The van der Waals surface area contributed by atoms with Crippen LogP contribution in [0.5, 0.6) is 0 Å². The normalized spacial score (nSPS) is 10.6. The molecule has 24 heavy (non-hydrogen) atoms. The largest absolute Gasteiger partial charge is 0.467 e. The summed E-state index contributed by atoms with van der Waals surface area (Å²) in [4.78, 5) is 14.6.